The Kier molecular flexibility index (Phi) is 6.15. The van der Waals surface area contributed by atoms with Gasteiger partial charge >= 0.3 is 0 Å². The first-order chi connectivity index (χ1) is 12.2. The topological polar surface area (TPSA) is 29.1 Å². The molecule has 1 N–H and O–H groups in total. The van der Waals surface area contributed by atoms with Crippen LogP contribution in [0.15, 0.2) is 83.8 Å². The van der Waals surface area contributed by atoms with E-state index < -0.39 is 0 Å². The summed E-state index contributed by atoms with van der Waals surface area (Å²) >= 11 is 7.53. The Morgan fingerprint density at radius 1 is 0.880 bits per heavy atom. The molecular formula is C21H18ClNOS. The highest BCUT2D eigenvalue weighted by Gasteiger charge is 2.08. The molecule has 25 heavy (non-hydrogen) atoms. The molecule has 0 spiro atoms. The van der Waals surface area contributed by atoms with Gasteiger partial charge < -0.3 is 5.32 Å². The number of amides is 1. The van der Waals surface area contributed by atoms with Crippen LogP contribution in [0.2, 0.25) is 5.02 Å². The van der Waals surface area contributed by atoms with Crippen LogP contribution in [-0.2, 0) is 4.79 Å². The van der Waals surface area contributed by atoms with E-state index in [1.165, 1.54) is 0 Å². The summed E-state index contributed by atoms with van der Waals surface area (Å²) < 4.78 is 0. The molecule has 0 radical (unpaired) electrons. The Bertz CT molecular complexity index is 834. The molecule has 126 valence electrons. The smallest absolute Gasteiger partial charge is 0.225 e. The highest BCUT2D eigenvalue weighted by Crippen LogP contribution is 2.28. The summed E-state index contributed by atoms with van der Waals surface area (Å²) in [5.41, 5.74) is 2.96. The van der Waals surface area contributed by atoms with Gasteiger partial charge in [0.05, 0.1) is 0 Å². The summed E-state index contributed by atoms with van der Waals surface area (Å²) in [6.45, 7) is 0. The normalized spacial score (nSPS) is 10.4. The number of hydrogen-bond donors (Lipinski definition) is 1. The van der Waals surface area contributed by atoms with Gasteiger partial charge in [0.25, 0.3) is 0 Å². The first-order valence-electron chi connectivity index (χ1n) is 8.05. The monoisotopic (exact) mass is 367 g/mol. The van der Waals surface area contributed by atoms with Crippen LogP contribution in [0.25, 0.3) is 11.1 Å². The SMILES string of the molecule is O=C(CCSc1ccc(Cl)cc1)Nc1ccccc1-c1ccccc1. The van der Waals surface area contributed by atoms with Crippen molar-refractivity contribution in [2.45, 2.75) is 11.3 Å². The molecule has 0 aliphatic carbocycles. The lowest BCUT2D eigenvalue weighted by Gasteiger charge is -2.11. The molecule has 3 aromatic carbocycles. The first kappa shape index (κ1) is 17.6. The van der Waals surface area contributed by atoms with Crippen molar-refractivity contribution in [1.29, 1.82) is 0 Å². The minimum atomic E-state index is 0.0184. The van der Waals surface area contributed by atoms with E-state index in [0.717, 1.165) is 32.5 Å². The lowest BCUT2D eigenvalue weighted by Crippen LogP contribution is -2.12. The number of rotatable bonds is 6. The number of carbonyl (C=O) groups is 1. The zero-order valence-corrected chi connectivity index (χ0v) is 15.2. The van der Waals surface area contributed by atoms with Crippen molar-refractivity contribution in [3.8, 4) is 11.1 Å². The third kappa shape index (κ3) is 5.12. The molecule has 0 aliphatic heterocycles. The highest BCUT2D eigenvalue weighted by atomic mass is 35.5. The summed E-state index contributed by atoms with van der Waals surface area (Å²) in [6, 6.07) is 25.6. The van der Waals surface area contributed by atoms with Gasteiger partial charge in [0.2, 0.25) is 5.91 Å². The zero-order chi connectivity index (χ0) is 17.5. The summed E-state index contributed by atoms with van der Waals surface area (Å²) in [4.78, 5) is 13.4. The second-order valence-electron chi connectivity index (χ2n) is 5.51. The van der Waals surface area contributed by atoms with Crippen molar-refractivity contribution in [1.82, 2.24) is 0 Å². The maximum absolute atomic E-state index is 12.3. The Morgan fingerprint density at radius 2 is 1.56 bits per heavy atom. The van der Waals surface area contributed by atoms with Crippen LogP contribution in [0, 0.1) is 0 Å². The van der Waals surface area contributed by atoms with E-state index in [0.29, 0.717) is 6.42 Å². The molecule has 0 aromatic heterocycles. The molecule has 0 saturated heterocycles. The first-order valence-corrected chi connectivity index (χ1v) is 9.41. The fourth-order valence-electron chi connectivity index (χ4n) is 2.47. The third-order valence-electron chi connectivity index (χ3n) is 3.70. The highest BCUT2D eigenvalue weighted by molar-refractivity contribution is 7.99. The van der Waals surface area contributed by atoms with Crippen molar-refractivity contribution < 1.29 is 4.79 Å². The minimum absolute atomic E-state index is 0.0184. The largest absolute Gasteiger partial charge is 0.325 e. The van der Waals surface area contributed by atoms with Crippen molar-refractivity contribution in [3.05, 3.63) is 83.9 Å². The zero-order valence-electron chi connectivity index (χ0n) is 13.6. The van der Waals surface area contributed by atoms with E-state index in [1.807, 2.05) is 78.9 Å². The predicted octanol–water partition coefficient (Wildman–Crippen LogP) is 6.13. The van der Waals surface area contributed by atoms with Crippen LogP contribution in [0.4, 0.5) is 5.69 Å². The molecule has 0 atom stereocenters. The number of thioether (sulfide) groups is 1. The number of anilines is 1. The molecule has 4 heteroatoms. The number of carbonyl (C=O) groups excluding carboxylic acids is 1. The average molecular weight is 368 g/mol. The number of benzene rings is 3. The van der Waals surface area contributed by atoms with E-state index in [9.17, 15) is 4.79 Å². The summed E-state index contributed by atoms with van der Waals surface area (Å²) in [6.07, 6.45) is 0.455. The standard InChI is InChI=1S/C21H18ClNOS/c22-17-10-12-18(13-11-17)25-15-14-21(24)23-20-9-5-4-8-19(20)16-6-2-1-3-7-16/h1-13H,14-15H2,(H,23,24). The molecule has 0 heterocycles. The van der Waals surface area contributed by atoms with Gasteiger partial charge in [0, 0.05) is 33.3 Å². The molecule has 0 saturated carbocycles. The molecule has 0 bridgehead atoms. The van der Waals surface area contributed by atoms with Crippen molar-refractivity contribution in [2.24, 2.45) is 0 Å². The van der Waals surface area contributed by atoms with Gasteiger partial charge in [-0.05, 0) is 35.9 Å². The number of para-hydroxylation sites is 1. The quantitative estimate of drug-likeness (QED) is 0.531. The molecule has 2 nitrogen and oxygen atoms in total. The van der Waals surface area contributed by atoms with Crippen LogP contribution in [0.5, 0.6) is 0 Å². The van der Waals surface area contributed by atoms with Gasteiger partial charge in [-0.15, -0.1) is 11.8 Å². The van der Waals surface area contributed by atoms with Crippen molar-refractivity contribution in [3.63, 3.8) is 0 Å². The number of hydrogen-bond acceptors (Lipinski definition) is 2. The molecule has 0 unspecified atom stereocenters. The van der Waals surface area contributed by atoms with E-state index >= 15 is 0 Å². The summed E-state index contributed by atoms with van der Waals surface area (Å²) in [5.74, 6) is 0.742. The summed E-state index contributed by atoms with van der Waals surface area (Å²) in [5, 5.41) is 3.75. The lowest BCUT2D eigenvalue weighted by molar-refractivity contribution is -0.115. The fourth-order valence-corrected chi connectivity index (χ4v) is 3.44. The maximum atomic E-state index is 12.3. The molecule has 0 fully saturated rings. The van der Waals surface area contributed by atoms with Crippen molar-refractivity contribution in [2.75, 3.05) is 11.1 Å². The number of nitrogens with one attached hydrogen (secondary N) is 1. The van der Waals surface area contributed by atoms with E-state index in [4.69, 9.17) is 11.6 Å². The van der Waals surface area contributed by atoms with Gasteiger partial charge in [-0.3, -0.25) is 4.79 Å². The fraction of sp³-hybridized carbons (Fsp3) is 0.0952. The Labute approximate surface area is 157 Å². The second kappa shape index (κ2) is 8.75. The van der Waals surface area contributed by atoms with Crippen LogP contribution in [-0.4, -0.2) is 11.7 Å². The Morgan fingerprint density at radius 3 is 2.32 bits per heavy atom. The average Bonchev–Trinajstić information content (AvgIpc) is 2.64. The van der Waals surface area contributed by atoms with Gasteiger partial charge in [0.1, 0.15) is 0 Å². The second-order valence-corrected chi connectivity index (χ2v) is 7.12. The van der Waals surface area contributed by atoms with Gasteiger partial charge in [-0.2, -0.15) is 0 Å². The molecule has 0 aliphatic rings. The summed E-state index contributed by atoms with van der Waals surface area (Å²) in [7, 11) is 0. The molecular weight excluding hydrogens is 350 g/mol. The van der Waals surface area contributed by atoms with E-state index in [-0.39, 0.29) is 5.91 Å². The van der Waals surface area contributed by atoms with Crippen LogP contribution < -0.4 is 5.32 Å². The molecule has 1 amide bonds. The number of halogens is 1. The van der Waals surface area contributed by atoms with E-state index in [2.05, 4.69) is 5.32 Å². The van der Waals surface area contributed by atoms with Gasteiger partial charge in [-0.1, -0.05) is 60.1 Å². The third-order valence-corrected chi connectivity index (χ3v) is 4.96. The van der Waals surface area contributed by atoms with Crippen molar-refractivity contribution >= 4 is 35.0 Å². The Hall–Kier alpha value is -2.23. The molecule has 3 aromatic rings. The molecule has 3 rings (SSSR count). The van der Waals surface area contributed by atoms with Crippen LogP contribution in [0.3, 0.4) is 0 Å². The predicted molar refractivity (Wildman–Crippen MR) is 107 cm³/mol. The van der Waals surface area contributed by atoms with Gasteiger partial charge in [0.15, 0.2) is 0 Å². The Balaban J connectivity index is 1.59. The van der Waals surface area contributed by atoms with Crippen LogP contribution >= 0.6 is 23.4 Å². The van der Waals surface area contributed by atoms with Gasteiger partial charge in [-0.25, -0.2) is 0 Å². The van der Waals surface area contributed by atoms with Crippen LogP contribution in [0.1, 0.15) is 6.42 Å². The maximum Gasteiger partial charge on any atom is 0.225 e. The minimum Gasteiger partial charge on any atom is -0.325 e. The van der Waals surface area contributed by atoms with E-state index in [1.54, 1.807) is 11.8 Å². The lowest BCUT2D eigenvalue weighted by atomic mass is 10.0.